The second kappa shape index (κ2) is 24.5. The van der Waals surface area contributed by atoms with Crippen molar-refractivity contribution in [2.45, 2.75) is 123 Å². The van der Waals surface area contributed by atoms with Crippen molar-refractivity contribution in [1.82, 2.24) is 0 Å². The Labute approximate surface area is 202 Å². The molecule has 0 rings (SSSR count). The number of carbonyl (C=O) groups excluding carboxylic acids is 1. The largest absolute Gasteiger partial charge is 0.479 e. The molecule has 0 bridgehead atoms. The molecule has 0 aliphatic heterocycles. The summed E-state index contributed by atoms with van der Waals surface area (Å²) in [5, 5.41) is 8.70. The van der Waals surface area contributed by atoms with Gasteiger partial charge in [0.2, 0.25) is 0 Å². The quantitative estimate of drug-likeness (QED) is 0.0999. The summed E-state index contributed by atoms with van der Waals surface area (Å²) in [6.45, 7) is 3.54. The molecule has 0 radical (unpaired) electrons. The van der Waals surface area contributed by atoms with Crippen LogP contribution in [0.5, 0.6) is 0 Å². The molecule has 0 amide bonds. The van der Waals surface area contributed by atoms with Crippen LogP contribution in [0.25, 0.3) is 0 Å². The maximum absolute atomic E-state index is 11.5. The average Bonchev–Trinajstić information content (AvgIpc) is 2.79. The van der Waals surface area contributed by atoms with Crippen LogP contribution >= 0.6 is 0 Å². The number of carboxylic acid groups (broad SMARTS) is 1. The van der Waals surface area contributed by atoms with Crippen molar-refractivity contribution < 1.29 is 19.4 Å². The highest BCUT2D eigenvalue weighted by atomic mass is 16.6. The van der Waals surface area contributed by atoms with Crippen LogP contribution in [0, 0.1) is 0 Å². The van der Waals surface area contributed by atoms with Crippen molar-refractivity contribution in [3.63, 3.8) is 0 Å². The van der Waals surface area contributed by atoms with Crippen LogP contribution in [0.4, 0.5) is 0 Å². The van der Waals surface area contributed by atoms with Gasteiger partial charge in [-0.3, -0.25) is 4.79 Å². The monoisotopic (exact) mass is 460 g/mol. The van der Waals surface area contributed by atoms with E-state index in [-0.39, 0.29) is 0 Å². The number of rotatable bonds is 22. The first-order chi connectivity index (χ1) is 16.1. The first-order valence-corrected chi connectivity index (χ1v) is 13.1. The lowest BCUT2D eigenvalue weighted by molar-refractivity contribution is -0.162. The molecule has 0 aromatic rings. The number of carbonyl (C=O) groups is 2. The molecule has 188 valence electrons. The first kappa shape index (κ1) is 30.9. The smallest absolute Gasteiger partial charge is 0.344 e. The first-order valence-electron chi connectivity index (χ1n) is 13.1. The lowest BCUT2D eigenvalue weighted by atomic mass is 10.0. The van der Waals surface area contributed by atoms with Gasteiger partial charge in [-0.1, -0.05) is 107 Å². The summed E-state index contributed by atoms with van der Waals surface area (Å²) in [6, 6.07) is 0. The predicted octanol–water partition coefficient (Wildman–Crippen LogP) is 8.49. The van der Waals surface area contributed by atoms with E-state index < -0.39 is 18.0 Å². The molecule has 33 heavy (non-hydrogen) atoms. The third-order valence-corrected chi connectivity index (χ3v) is 5.38. The van der Waals surface area contributed by atoms with Gasteiger partial charge in [-0.05, 0) is 51.9 Å². The van der Waals surface area contributed by atoms with Gasteiger partial charge < -0.3 is 9.84 Å². The van der Waals surface area contributed by atoms with Crippen molar-refractivity contribution in [2.24, 2.45) is 0 Å². The lowest BCUT2D eigenvalue weighted by Gasteiger charge is -2.08. The summed E-state index contributed by atoms with van der Waals surface area (Å²) >= 11 is 0. The fourth-order valence-electron chi connectivity index (χ4n) is 3.35. The molecule has 0 aromatic carbocycles. The third kappa shape index (κ3) is 24.4. The van der Waals surface area contributed by atoms with Crippen molar-refractivity contribution in [1.29, 1.82) is 0 Å². The van der Waals surface area contributed by atoms with Gasteiger partial charge in [0.15, 0.2) is 6.10 Å². The Kier molecular flexibility index (Phi) is 23.0. The highest BCUT2D eigenvalue weighted by Gasteiger charge is 2.15. The number of hydrogen-bond donors (Lipinski definition) is 1. The Hall–Kier alpha value is -2.10. The fourth-order valence-corrected chi connectivity index (χ4v) is 3.35. The van der Waals surface area contributed by atoms with Gasteiger partial charge in [-0.2, -0.15) is 0 Å². The van der Waals surface area contributed by atoms with Gasteiger partial charge in [0.25, 0.3) is 0 Å². The Morgan fingerprint density at radius 1 is 0.667 bits per heavy atom. The van der Waals surface area contributed by atoms with E-state index >= 15 is 0 Å². The van der Waals surface area contributed by atoms with Crippen LogP contribution in [0.15, 0.2) is 48.6 Å². The van der Waals surface area contributed by atoms with E-state index in [9.17, 15) is 9.59 Å². The molecule has 1 N–H and O–H groups in total. The van der Waals surface area contributed by atoms with Crippen molar-refractivity contribution in [2.75, 3.05) is 0 Å². The molecule has 1 atom stereocenters. The molecule has 0 saturated heterocycles. The number of ether oxygens (including phenoxy) is 1. The van der Waals surface area contributed by atoms with Crippen molar-refractivity contribution in [3.05, 3.63) is 48.6 Å². The minimum atomic E-state index is -1.10. The maximum Gasteiger partial charge on any atom is 0.344 e. The summed E-state index contributed by atoms with van der Waals surface area (Å²) in [4.78, 5) is 22.1. The number of carboxylic acids is 1. The Morgan fingerprint density at radius 3 is 1.58 bits per heavy atom. The number of hydrogen-bond acceptors (Lipinski definition) is 3. The molecule has 0 saturated carbocycles. The standard InChI is InChI=1S/C29H48O4/c1-3-4-5-6-7-8-9-10-11-12-13-14-15-16-17-18-19-20-21-22-23-24-25-26-28(30)33-27(2)29(31)32/h4-5,7-8,10-11,13-14,27H,3,6,9,12,15-26H2,1-2H3,(H,31,32)/b5-4-,8-7-,11-10-,14-13-. The van der Waals surface area contributed by atoms with Gasteiger partial charge >= 0.3 is 11.9 Å². The number of allylic oxidation sites excluding steroid dienone is 8. The fraction of sp³-hybridized carbons (Fsp3) is 0.655. The molecule has 0 aromatic heterocycles. The molecule has 0 aliphatic rings. The number of esters is 1. The van der Waals surface area contributed by atoms with E-state index in [2.05, 4.69) is 55.5 Å². The van der Waals surface area contributed by atoms with Crippen LogP contribution in [0.3, 0.4) is 0 Å². The van der Waals surface area contributed by atoms with Gasteiger partial charge in [-0.15, -0.1) is 0 Å². The van der Waals surface area contributed by atoms with Crippen LogP contribution in [-0.4, -0.2) is 23.1 Å². The molecule has 0 fully saturated rings. The van der Waals surface area contributed by atoms with E-state index in [1.165, 1.54) is 58.3 Å². The minimum Gasteiger partial charge on any atom is -0.479 e. The summed E-state index contributed by atoms with van der Waals surface area (Å²) in [7, 11) is 0. The van der Waals surface area contributed by atoms with Crippen molar-refractivity contribution >= 4 is 11.9 Å². The zero-order chi connectivity index (χ0) is 24.4. The molecule has 4 heteroatoms. The third-order valence-electron chi connectivity index (χ3n) is 5.38. The van der Waals surface area contributed by atoms with Crippen LogP contribution in [-0.2, 0) is 14.3 Å². The SMILES string of the molecule is CC/C=C\C/C=C\C/C=C\C/C=C\CCCCCCCCCCCCC(=O)OC(C)C(=O)O. The zero-order valence-corrected chi connectivity index (χ0v) is 21.2. The molecular formula is C29H48O4. The number of unbranched alkanes of at least 4 members (excludes halogenated alkanes) is 10. The Morgan fingerprint density at radius 2 is 1.09 bits per heavy atom. The van der Waals surface area contributed by atoms with Gasteiger partial charge in [0, 0.05) is 6.42 Å². The summed E-state index contributed by atoms with van der Waals surface area (Å²) in [5.41, 5.74) is 0. The van der Waals surface area contributed by atoms with E-state index in [0.717, 1.165) is 44.9 Å². The summed E-state index contributed by atoms with van der Waals surface area (Å²) in [6.07, 6.45) is 34.5. The second-order valence-corrected chi connectivity index (χ2v) is 8.55. The maximum atomic E-state index is 11.5. The predicted molar refractivity (Wildman–Crippen MR) is 139 cm³/mol. The van der Waals surface area contributed by atoms with Crippen molar-refractivity contribution in [3.8, 4) is 0 Å². The molecule has 0 spiro atoms. The lowest BCUT2D eigenvalue weighted by Crippen LogP contribution is -2.23. The van der Waals surface area contributed by atoms with E-state index in [1.807, 2.05) is 0 Å². The van der Waals surface area contributed by atoms with E-state index in [0.29, 0.717) is 6.42 Å². The molecule has 0 aliphatic carbocycles. The molecule has 4 nitrogen and oxygen atoms in total. The van der Waals surface area contributed by atoms with Crippen LogP contribution < -0.4 is 0 Å². The van der Waals surface area contributed by atoms with Gasteiger partial charge in [-0.25, -0.2) is 4.79 Å². The highest BCUT2D eigenvalue weighted by molar-refractivity contribution is 5.77. The molecule has 0 heterocycles. The van der Waals surface area contributed by atoms with Gasteiger partial charge in [0.1, 0.15) is 0 Å². The molecule has 1 unspecified atom stereocenters. The number of aliphatic carboxylic acids is 1. The Balaban J connectivity index is 3.33. The van der Waals surface area contributed by atoms with Crippen LogP contribution in [0.1, 0.15) is 117 Å². The average molecular weight is 461 g/mol. The minimum absolute atomic E-state index is 0.316. The summed E-state index contributed by atoms with van der Waals surface area (Å²) in [5.74, 6) is -1.51. The highest BCUT2D eigenvalue weighted by Crippen LogP contribution is 2.12. The van der Waals surface area contributed by atoms with E-state index in [1.54, 1.807) is 0 Å². The van der Waals surface area contributed by atoms with Gasteiger partial charge in [0.05, 0.1) is 0 Å². The summed E-state index contributed by atoms with van der Waals surface area (Å²) < 4.78 is 4.81. The van der Waals surface area contributed by atoms with Crippen LogP contribution in [0.2, 0.25) is 0 Å². The molecular weight excluding hydrogens is 412 g/mol. The normalized spacial score (nSPS) is 13.0. The topological polar surface area (TPSA) is 63.6 Å². The van der Waals surface area contributed by atoms with E-state index in [4.69, 9.17) is 9.84 Å². The zero-order valence-electron chi connectivity index (χ0n) is 21.2. The second-order valence-electron chi connectivity index (χ2n) is 8.55. The Bertz CT molecular complexity index is 586.